The van der Waals surface area contributed by atoms with E-state index in [1.54, 1.807) is 13.8 Å². The molecule has 1 amide bonds. The number of carbonyl (C=O) groups is 1. The van der Waals surface area contributed by atoms with Crippen molar-refractivity contribution in [2.75, 3.05) is 5.73 Å². The van der Waals surface area contributed by atoms with Gasteiger partial charge in [0.2, 0.25) is 11.6 Å². The summed E-state index contributed by atoms with van der Waals surface area (Å²) in [6.45, 7) is 3.61. The number of hydrogen-bond donors (Lipinski definition) is 2. The van der Waals surface area contributed by atoms with Crippen LogP contribution < -0.4 is 11.2 Å². The van der Waals surface area contributed by atoms with Crippen molar-refractivity contribution in [2.24, 2.45) is 5.10 Å². The molecule has 140 valence electrons. The standard InChI is InChI=1S/C15H14F2N8O2/c1-7(2)12-11(20-24-25(12)14-13(18)22-27-23-14)15(26)21-19-6-8-5-9(16)3-4-10(8)17/h3-7H,1-2H3,(H2,18,22)(H,21,26)/b19-6+. The summed E-state index contributed by atoms with van der Waals surface area (Å²) < 4.78 is 32.5. The topological polar surface area (TPSA) is 137 Å². The second-order valence-corrected chi connectivity index (χ2v) is 5.73. The number of nitrogens with one attached hydrogen (secondary N) is 1. The minimum absolute atomic E-state index is 0.0200. The van der Waals surface area contributed by atoms with Crippen LogP contribution in [0.1, 0.15) is 41.5 Å². The zero-order valence-corrected chi connectivity index (χ0v) is 14.2. The van der Waals surface area contributed by atoms with E-state index in [9.17, 15) is 13.6 Å². The van der Waals surface area contributed by atoms with Crippen LogP contribution in [0.2, 0.25) is 0 Å². The number of hydrazone groups is 1. The van der Waals surface area contributed by atoms with E-state index < -0.39 is 17.5 Å². The molecule has 12 heteroatoms. The van der Waals surface area contributed by atoms with Gasteiger partial charge in [-0.25, -0.2) is 18.8 Å². The van der Waals surface area contributed by atoms with Gasteiger partial charge in [0.05, 0.1) is 11.9 Å². The Morgan fingerprint density at radius 2 is 2.15 bits per heavy atom. The quantitative estimate of drug-likeness (QED) is 0.507. The molecule has 0 bridgehead atoms. The largest absolute Gasteiger partial charge is 0.378 e. The summed E-state index contributed by atoms with van der Waals surface area (Å²) in [7, 11) is 0. The highest BCUT2D eigenvalue weighted by atomic mass is 19.1. The Kier molecular flexibility index (Phi) is 4.88. The van der Waals surface area contributed by atoms with Crippen LogP contribution in [0, 0.1) is 11.6 Å². The van der Waals surface area contributed by atoms with Gasteiger partial charge in [0.15, 0.2) is 5.69 Å². The second-order valence-electron chi connectivity index (χ2n) is 5.73. The molecule has 3 rings (SSSR count). The molecule has 0 aliphatic rings. The SMILES string of the molecule is CC(C)c1c(C(=O)N/N=C/c2cc(F)ccc2F)nnn1-c1nonc1N. The van der Waals surface area contributed by atoms with Gasteiger partial charge in [0.25, 0.3) is 5.91 Å². The summed E-state index contributed by atoms with van der Waals surface area (Å²) in [5.74, 6) is -2.14. The molecule has 3 N–H and O–H groups in total. The highest BCUT2D eigenvalue weighted by Gasteiger charge is 2.25. The molecule has 0 saturated carbocycles. The van der Waals surface area contributed by atoms with Crippen LogP contribution in [0.4, 0.5) is 14.6 Å². The summed E-state index contributed by atoms with van der Waals surface area (Å²) in [5.41, 5.74) is 8.08. The van der Waals surface area contributed by atoms with E-state index in [0.717, 1.165) is 24.4 Å². The average molecular weight is 376 g/mol. The van der Waals surface area contributed by atoms with Crippen molar-refractivity contribution in [3.8, 4) is 5.82 Å². The van der Waals surface area contributed by atoms with Gasteiger partial charge in [-0.1, -0.05) is 19.1 Å². The van der Waals surface area contributed by atoms with E-state index in [-0.39, 0.29) is 28.8 Å². The molecule has 3 aromatic rings. The van der Waals surface area contributed by atoms with Crippen molar-refractivity contribution in [1.29, 1.82) is 0 Å². The number of rotatable bonds is 5. The fourth-order valence-electron chi connectivity index (χ4n) is 2.29. The third-order valence-corrected chi connectivity index (χ3v) is 3.49. The zero-order chi connectivity index (χ0) is 19.6. The molecule has 0 fully saturated rings. The van der Waals surface area contributed by atoms with Gasteiger partial charge >= 0.3 is 0 Å². The lowest BCUT2D eigenvalue weighted by Gasteiger charge is -2.08. The number of nitrogen functional groups attached to an aromatic ring is 1. The fraction of sp³-hybridized carbons (Fsp3) is 0.200. The van der Waals surface area contributed by atoms with Crippen LogP contribution in [0.15, 0.2) is 27.9 Å². The number of carbonyl (C=O) groups excluding carboxylic acids is 1. The Morgan fingerprint density at radius 1 is 1.37 bits per heavy atom. The molecule has 0 saturated heterocycles. The number of benzene rings is 1. The predicted molar refractivity (Wildman–Crippen MR) is 89.1 cm³/mol. The van der Waals surface area contributed by atoms with Crippen LogP contribution >= 0.6 is 0 Å². The first-order valence-electron chi connectivity index (χ1n) is 7.71. The van der Waals surface area contributed by atoms with Gasteiger partial charge in [-0.2, -0.15) is 9.78 Å². The van der Waals surface area contributed by atoms with Crippen molar-refractivity contribution in [3.63, 3.8) is 0 Å². The number of amides is 1. The Balaban J connectivity index is 1.85. The minimum Gasteiger partial charge on any atom is -0.378 e. The number of nitrogens with zero attached hydrogens (tertiary/aromatic N) is 6. The molecule has 2 heterocycles. The Labute approximate surface area is 151 Å². The van der Waals surface area contributed by atoms with Crippen LogP contribution in [0.25, 0.3) is 5.82 Å². The van der Waals surface area contributed by atoms with Crippen LogP contribution in [-0.2, 0) is 0 Å². The number of hydrogen-bond acceptors (Lipinski definition) is 8. The fourth-order valence-corrected chi connectivity index (χ4v) is 2.29. The maximum absolute atomic E-state index is 13.6. The minimum atomic E-state index is -0.701. The third-order valence-electron chi connectivity index (χ3n) is 3.49. The number of aromatic nitrogens is 5. The lowest BCUT2D eigenvalue weighted by atomic mass is 10.1. The molecular formula is C15H14F2N8O2. The molecule has 0 aliphatic heterocycles. The Morgan fingerprint density at radius 3 is 2.81 bits per heavy atom. The molecule has 0 aliphatic carbocycles. The van der Waals surface area contributed by atoms with Gasteiger partial charge in [-0.05, 0) is 34.4 Å². The summed E-state index contributed by atoms with van der Waals surface area (Å²) in [6, 6.07) is 2.88. The van der Waals surface area contributed by atoms with E-state index in [1.165, 1.54) is 4.68 Å². The predicted octanol–water partition coefficient (Wildman–Crippen LogP) is 1.40. The lowest BCUT2D eigenvalue weighted by molar-refractivity contribution is 0.0948. The summed E-state index contributed by atoms with van der Waals surface area (Å²) in [6.07, 6.45) is 0.981. The molecule has 0 unspecified atom stereocenters. The van der Waals surface area contributed by atoms with Crippen molar-refractivity contribution in [3.05, 3.63) is 46.8 Å². The van der Waals surface area contributed by atoms with Gasteiger partial charge in [0, 0.05) is 5.56 Å². The van der Waals surface area contributed by atoms with E-state index in [2.05, 4.69) is 35.8 Å². The van der Waals surface area contributed by atoms with Crippen LogP contribution in [0.3, 0.4) is 0 Å². The van der Waals surface area contributed by atoms with Crippen LogP contribution in [0.5, 0.6) is 0 Å². The van der Waals surface area contributed by atoms with Crippen LogP contribution in [-0.4, -0.2) is 37.4 Å². The lowest BCUT2D eigenvalue weighted by Crippen LogP contribution is -2.21. The van der Waals surface area contributed by atoms with E-state index in [1.807, 2.05) is 0 Å². The maximum atomic E-state index is 13.6. The molecule has 27 heavy (non-hydrogen) atoms. The van der Waals surface area contributed by atoms with Gasteiger partial charge in [-0.15, -0.1) is 5.10 Å². The summed E-state index contributed by atoms with van der Waals surface area (Å²) in [5, 5.41) is 18.4. The van der Waals surface area contributed by atoms with Gasteiger partial charge in [-0.3, -0.25) is 4.79 Å². The number of nitrogens with two attached hydrogens (primary N) is 1. The molecule has 2 aromatic heterocycles. The summed E-state index contributed by atoms with van der Waals surface area (Å²) in [4.78, 5) is 12.4. The van der Waals surface area contributed by atoms with Crippen molar-refractivity contribution in [2.45, 2.75) is 19.8 Å². The molecule has 0 spiro atoms. The number of anilines is 1. The molecule has 0 radical (unpaired) electrons. The third kappa shape index (κ3) is 3.63. The molecule has 1 aromatic carbocycles. The Bertz CT molecular complexity index is 1010. The smallest absolute Gasteiger partial charge is 0.293 e. The normalized spacial score (nSPS) is 11.4. The highest BCUT2D eigenvalue weighted by molar-refractivity contribution is 5.94. The second kappa shape index (κ2) is 7.27. The first kappa shape index (κ1) is 18.1. The first-order valence-corrected chi connectivity index (χ1v) is 7.71. The van der Waals surface area contributed by atoms with Crippen molar-refractivity contribution in [1.82, 2.24) is 30.7 Å². The Hall–Kier alpha value is -3.70. The number of halogens is 2. The highest BCUT2D eigenvalue weighted by Crippen LogP contribution is 2.22. The van der Waals surface area contributed by atoms with E-state index >= 15 is 0 Å². The zero-order valence-electron chi connectivity index (χ0n) is 14.2. The molecule has 10 nitrogen and oxygen atoms in total. The average Bonchev–Trinajstić information content (AvgIpc) is 3.23. The van der Waals surface area contributed by atoms with E-state index in [4.69, 9.17) is 5.73 Å². The maximum Gasteiger partial charge on any atom is 0.293 e. The van der Waals surface area contributed by atoms with Gasteiger partial charge in [0.1, 0.15) is 11.6 Å². The molecule has 0 atom stereocenters. The molecular weight excluding hydrogens is 362 g/mol. The summed E-state index contributed by atoms with van der Waals surface area (Å²) >= 11 is 0. The first-order chi connectivity index (χ1) is 12.9. The van der Waals surface area contributed by atoms with E-state index in [0.29, 0.717) is 5.69 Å². The van der Waals surface area contributed by atoms with Crippen molar-refractivity contribution < 1.29 is 18.2 Å². The monoisotopic (exact) mass is 376 g/mol. The van der Waals surface area contributed by atoms with Crippen molar-refractivity contribution >= 4 is 17.9 Å². The van der Waals surface area contributed by atoms with Gasteiger partial charge < -0.3 is 5.73 Å².